The molecule has 18 heavy (non-hydrogen) atoms. The largest absolute Gasteiger partial charge is 0.306 e. The molecule has 0 bridgehead atoms. The molecular formula is C15H21N3. The highest BCUT2D eigenvalue weighted by Gasteiger charge is 2.08. The maximum Gasteiger partial charge on any atom is 0.0534 e. The van der Waals surface area contributed by atoms with Crippen LogP contribution in [0.3, 0.4) is 0 Å². The number of benzene rings is 1. The highest BCUT2D eigenvalue weighted by molar-refractivity contribution is 5.24. The second-order valence-electron chi connectivity index (χ2n) is 4.77. The van der Waals surface area contributed by atoms with Crippen molar-refractivity contribution in [1.29, 1.82) is 0 Å². The van der Waals surface area contributed by atoms with Crippen LogP contribution in [0.4, 0.5) is 0 Å². The van der Waals surface area contributed by atoms with Crippen LogP contribution >= 0.6 is 0 Å². The van der Waals surface area contributed by atoms with Crippen molar-refractivity contribution in [1.82, 2.24) is 15.1 Å². The molecule has 3 nitrogen and oxygen atoms in total. The number of hydrogen-bond acceptors (Lipinski definition) is 2. The first-order chi connectivity index (χ1) is 8.69. The lowest BCUT2D eigenvalue weighted by Gasteiger charge is -2.17. The van der Waals surface area contributed by atoms with Gasteiger partial charge in [0.05, 0.1) is 6.20 Å². The summed E-state index contributed by atoms with van der Waals surface area (Å²) in [5.41, 5.74) is 3.89. The molecule has 0 aliphatic carbocycles. The summed E-state index contributed by atoms with van der Waals surface area (Å²) in [5, 5.41) is 7.76. The lowest BCUT2D eigenvalue weighted by atomic mass is 10.0. The monoisotopic (exact) mass is 243 g/mol. The van der Waals surface area contributed by atoms with E-state index in [0.29, 0.717) is 6.04 Å². The minimum absolute atomic E-state index is 0.408. The average Bonchev–Trinajstić information content (AvgIpc) is 2.78. The van der Waals surface area contributed by atoms with E-state index in [2.05, 4.69) is 54.7 Å². The van der Waals surface area contributed by atoms with Gasteiger partial charge in [-0.25, -0.2) is 0 Å². The van der Waals surface area contributed by atoms with Gasteiger partial charge in [0.15, 0.2) is 0 Å². The standard InChI is InChI=1S/C15H21N3/c1-4-15(14-7-5-12(2)6-8-14)16-9-13-10-17-18(3)11-13/h5-8,10-11,15-16H,4,9H2,1-3H3. The number of rotatable bonds is 5. The van der Waals surface area contributed by atoms with Crippen LogP contribution in [0.5, 0.6) is 0 Å². The highest BCUT2D eigenvalue weighted by atomic mass is 15.2. The fraction of sp³-hybridized carbons (Fsp3) is 0.400. The smallest absolute Gasteiger partial charge is 0.0534 e. The molecule has 1 aromatic carbocycles. The van der Waals surface area contributed by atoms with E-state index >= 15 is 0 Å². The molecule has 0 saturated carbocycles. The van der Waals surface area contributed by atoms with Gasteiger partial charge in [0, 0.05) is 31.4 Å². The van der Waals surface area contributed by atoms with E-state index in [9.17, 15) is 0 Å². The summed E-state index contributed by atoms with van der Waals surface area (Å²) in [6.45, 7) is 5.19. The minimum atomic E-state index is 0.408. The molecule has 1 aromatic heterocycles. The fourth-order valence-corrected chi connectivity index (χ4v) is 2.10. The van der Waals surface area contributed by atoms with Crippen molar-refractivity contribution in [3.63, 3.8) is 0 Å². The van der Waals surface area contributed by atoms with E-state index in [4.69, 9.17) is 0 Å². The molecule has 0 aliphatic heterocycles. The van der Waals surface area contributed by atoms with E-state index in [1.807, 2.05) is 17.9 Å². The van der Waals surface area contributed by atoms with Gasteiger partial charge in [-0.3, -0.25) is 4.68 Å². The van der Waals surface area contributed by atoms with E-state index in [1.54, 1.807) is 0 Å². The summed E-state index contributed by atoms with van der Waals surface area (Å²) < 4.78 is 1.84. The normalized spacial score (nSPS) is 12.6. The van der Waals surface area contributed by atoms with Gasteiger partial charge < -0.3 is 5.32 Å². The molecule has 96 valence electrons. The SMILES string of the molecule is CCC(NCc1cnn(C)c1)c1ccc(C)cc1. The summed E-state index contributed by atoms with van der Waals surface area (Å²) in [6, 6.07) is 9.17. The number of hydrogen-bond donors (Lipinski definition) is 1. The van der Waals surface area contributed by atoms with Crippen LogP contribution in [0.25, 0.3) is 0 Å². The molecule has 1 atom stereocenters. The Labute approximate surface area is 109 Å². The molecule has 2 aromatic rings. The third kappa shape index (κ3) is 3.20. The summed E-state index contributed by atoms with van der Waals surface area (Å²) in [6.07, 6.45) is 5.05. The average molecular weight is 243 g/mol. The van der Waals surface area contributed by atoms with Crippen LogP contribution in [0, 0.1) is 6.92 Å². The van der Waals surface area contributed by atoms with Crippen molar-refractivity contribution in [3.05, 3.63) is 53.3 Å². The van der Waals surface area contributed by atoms with E-state index in [0.717, 1.165) is 13.0 Å². The summed E-state index contributed by atoms with van der Waals surface area (Å²) >= 11 is 0. The second kappa shape index (κ2) is 5.83. The van der Waals surface area contributed by atoms with Crippen LogP contribution in [-0.4, -0.2) is 9.78 Å². The first-order valence-electron chi connectivity index (χ1n) is 6.46. The molecule has 3 heteroatoms. The molecular weight excluding hydrogens is 222 g/mol. The molecule has 1 N–H and O–H groups in total. The highest BCUT2D eigenvalue weighted by Crippen LogP contribution is 2.17. The quantitative estimate of drug-likeness (QED) is 0.875. The number of aromatic nitrogens is 2. The van der Waals surface area contributed by atoms with Gasteiger partial charge in [0.2, 0.25) is 0 Å². The molecule has 0 radical (unpaired) electrons. The Bertz CT molecular complexity index is 485. The van der Waals surface area contributed by atoms with Crippen LogP contribution in [0.15, 0.2) is 36.7 Å². The maximum atomic E-state index is 4.18. The molecule has 1 heterocycles. The summed E-state index contributed by atoms with van der Waals surface area (Å²) in [5.74, 6) is 0. The number of aryl methyl sites for hydroxylation is 2. The molecule has 0 spiro atoms. The van der Waals surface area contributed by atoms with Crippen molar-refractivity contribution in [2.45, 2.75) is 32.9 Å². The Morgan fingerprint density at radius 2 is 2.00 bits per heavy atom. The Hall–Kier alpha value is -1.61. The second-order valence-corrected chi connectivity index (χ2v) is 4.77. The van der Waals surface area contributed by atoms with Crippen LogP contribution in [0.2, 0.25) is 0 Å². The van der Waals surface area contributed by atoms with Crippen LogP contribution in [0.1, 0.15) is 36.1 Å². The third-order valence-electron chi connectivity index (χ3n) is 3.20. The topological polar surface area (TPSA) is 29.9 Å². The fourth-order valence-electron chi connectivity index (χ4n) is 2.10. The minimum Gasteiger partial charge on any atom is -0.306 e. The van der Waals surface area contributed by atoms with Gasteiger partial charge in [-0.1, -0.05) is 36.8 Å². The Balaban J connectivity index is 1.99. The van der Waals surface area contributed by atoms with Crippen molar-refractivity contribution >= 4 is 0 Å². The van der Waals surface area contributed by atoms with Crippen molar-refractivity contribution in [2.24, 2.45) is 7.05 Å². The van der Waals surface area contributed by atoms with Gasteiger partial charge in [0.25, 0.3) is 0 Å². The van der Waals surface area contributed by atoms with Crippen molar-refractivity contribution in [2.75, 3.05) is 0 Å². The molecule has 0 amide bonds. The molecule has 0 saturated heterocycles. The molecule has 1 unspecified atom stereocenters. The lowest BCUT2D eigenvalue weighted by Crippen LogP contribution is -2.20. The zero-order chi connectivity index (χ0) is 13.0. The number of nitrogens with zero attached hydrogens (tertiary/aromatic N) is 2. The third-order valence-corrected chi connectivity index (χ3v) is 3.20. The predicted octanol–water partition coefficient (Wildman–Crippen LogP) is 2.97. The number of nitrogens with one attached hydrogen (secondary N) is 1. The Kier molecular flexibility index (Phi) is 4.15. The van der Waals surface area contributed by atoms with Crippen LogP contribution < -0.4 is 5.32 Å². The van der Waals surface area contributed by atoms with Gasteiger partial charge in [-0.05, 0) is 18.9 Å². The molecule has 0 aliphatic rings. The van der Waals surface area contributed by atoms with Crippen LogP contribution in [-0.2, 0) is 13.6 Å². The van der Waals surface area contributed by atoms with Crippen molar-refractivity contribution in [3.8, 4) is 0 Å². The maximum absolute atomic E-state index is 4.18. The Morgan fingerprint density at radius 1 is 1.28 bits per heavy atom. The van der Waals surface area contributed by atoms with Gasteiger partial charge in [-0.15, -0.1) is 0 Å². The summed E-state index contributed by atoms with van der Waals surface area (Å²) in [4.78, 5) is 0. The zero-order valence-corrected chi connectivity index (χ0v) is 11.4. The van der Waals surface area contributed by atoms with Gasteiger partial charge in [0.1, 0.15) is 0 Å². The van der Waals surface area contributed by atoms with Gasteiger partial charge in [-0.2, -0.15) is 5.10 Å². The first kappa shape index (κ1) is 12.8. The van der Waals surface area contributed by atoms with E-state index < -0.39 is 0 Å². The molecule has 0 fully saturated rings. The van der Waals surface area contributed by atoms with E-state index in [-0.39, 0.29) is 0 Å². The Morgan fingerprint density at radius 3 is 2.56 bits per heavy atom. The van der Waals surface area contributed by atoms with Gasteiger partial charge >= 0.3 is 0 Å². The zero-order valence-electron chi connectivity index (χ0n) is 11.4. The molecule has 2 rings (SSSR count). The lowest BCUT2D eigenvalue weighted by molar-refractivity contribution is 0.519. The predicted molar refractivity (Wildman–Crippen MR) is 74.3 cm³/mol. The van der Waals surface area contributed by atoms with E-state index in [1.165, 1.54) is 16.7 Å². The summed E-state index contributed by atoms with van der Waals surface area (Å²) in [7, 11) is 1.95. The van der Waals surface area contributed by atoms with Crippen molar-refractivity contribution < 1.29 is 0 Å². The first-order valence-corrected chi connectivity index (χ1v) is 6.46.